The number of ether oxygens (including phenoxy) is 2. The van der Waals surface area contributed by atoms with Gasteiger partial charge in [-0.1, -0.05) is 23.2 Å². The number of fused-ring (bicyclic) bond motifs is 1. The van der Waals surface area contributed by atoms with E-state index in [4.69, 9.17) is 37.1 Å². The average Bonchev–Trinajstić information content (AvgIpc) is 3.15. The molecule has 0 saturated heterocycles. The highest BCUT2D eigenvalue weighted by Gasteiger charge is 2.23. The van der Waals surface area contributed by atoms with Gasteiger partial charge in [0.15, 0.2) is 23.3 Å². The molecular weight excluding hydrogens is 460 g/mol. The summed E-state index contributed by atoms with van der Waals surface area (Å²) in [5.41, 5.74) is 1.13. The van der Waals surface area contributed by atoms with Crippen LogP contribution in [-0.4, -0.2) is 29.0 Å². The van der Waals surface area contributed by atoms with Crippen LogP contribution in [0, 0.1) is 5.82 Å². The van der Waals surface area contributed by atoms with Crippen LogP contribution in [0.5, 0.6) is 17.6 Å². The van der Waals surface area contributed by atoms with E-state index in [0.717, 1.165) is 11.0 Å². The van der Waals surface area contributed by atoms with Crippen molar-refractivity contribution in [1.29, 1.82) is 0 Å². The maximum Gasteiger partial charge on any atom is 0.400 e. The molecule has 0 radical (unpaired) electrons. The monoisotopic (exact) mass is 475 g/mol. The van der Waals surface area contributed by atoms with Crippen molar-refractivity contribution in [2.75, 3.05) is 11.9 Å². The standard InChI is InChI=1S/C22H16Cl2FN3O4/c1-12(21(29)28(2)20-17(25)9-14(24)11-26-20)30-15-4-6-16(7-5-15)31-22-27-18-8-3-13(23)10-19(18)32-22/h3-12H,1-2H3/t12-/m1/s1. The van der Waals surface area contributed by atoms with Crippen LogP contribution in [0.3, 0.4) is 0 Å². The Labute approximate surface area is 192 Å². The van der Waals surface area contributed by atoms with Crippen molar-refractivity contribution in [2.24, 2.45) is 0 Å². The average molecular weight is 476 g/mol. The fraction of sp³-hybridized carbons (Fsp3) is 0.136. The number of carbonyl (C=O) groups excluding carboxylic acids is 1. The van der Waals surface area contributed by atoms with Gasteiger partial charge >= 0.3 is 6.08 Å². The predicted octanol–water partition coefficient (Wildman–Crippen LogP) is 5.89. The van der Waals surface area contributed by atoms with E-state index >= 15 is 0 Å². The van der Waals surface area contributed by atoms with E-state index in [1.54, 1.807) is 49.4 Å². The number of halogens is 3. The lowest BCUT2D eigenvalue weighted by Gasteiger charge is -2.21. The molecule has 10 heteroatoms. The summed E-state index contributed by atoms with van der Waals surface area (Å²) in [6.45, 7) is 1.56. The number of oxazole rings is 1. The first-order valence-electron chi connectivity index (χ1n) is 9.39. The maximum atomic E-state index is 14.0. The number of likely N-dealkylation sites (N-methyl/N-ethyl adjacent to an activating group) is 1. The van der Waals surface area contributed by atoms with Crippen LogP contribution in [0.2, 0.25) is 10.0 Å². The van der Waals surface area contributed by atoms with Gasteiger partial charge in [-0.05, 0) is 49.4 Å². The third-order valence-electron chi connectivity index (χ3n) is 4.46. The third-order valence-corrected chi connectivity index (χ3v) is 4.90. The molecule has 1 atom stereocenters. The molecule has 4 rings (SSSR count). The van der Waals surface area contributed by atoms with Crippen LogP contribution in [0.15, 0.2) is 59.1 Å². The minimum atomic E-state index is -0.898. The summed E-state index contributed by atoms with van der Waals surface area (Å²) in [7, 11) is 1.41. The number of rotatable bonds is 6. The number of nitrogens with zero attached hydrogens (tertiary/aromatic N) is 3. The van der Waals surface area contributed by atoms with E-state index < -0.39 is 17.8 Å². The molecule has 0 saturated carbocycles. The number of benzene rings is 2. The van der Waals surface area contributed by atoms with Gasteiger partial charge in [0.1, 0.15) is 17.0 Å². The molecule has 2 heterocycles. The van der Waals surface area contributed by atoms with Crippen LogP contribution >= 0.6 is 23.2 Å². The van der Waals surface area contributed by atoms with E-state index in [2.05, 4.69) is 9.97 Å². The lowest BCUT2D eigenvalue weighted by molar-refractivity contribution is -0.124. The summed E-state index contributed by atoms with van der Waals surface area (Å²) >= 11 is 11.6. The molecule has 2 aromatic heterocycles. The molecule has 0 spiro atoms. The number of aromatic nitrogens is 2. The zero-order chi connectivity index (χ0) is 22.8. The first-order valence-corrected chi connectivity index (χ1v) is 10.1. The molecule has 0 bridgehead atoms. The number of hydrogen-bond acceptors (Lipinski definition) is 6. The summed E-state index contributed by atoms with van der Waals surface area (Å²) in [4.78, 5) is 21.8. The Hall–Kier alpha value is -3.36. The van der Waals surface area contributed by atoms with Gasteiger partial charge in [0.25, 0.3) is 5.91 Å². The maximum absolute atomic E-state index is 14.0. The first kappa shape index (κ1) is 21.9. The Morgan fingerprint density at radius 1 is 1.09 bits per heavy atom. The SMILES string of the molecule is C[C@@H](Oc1ccc(Oc2nc3ccc(Cl)cc3o2)cc1)C(=O)N(C)c1ncc(Cl)cc1F. The second-order valence-corrected chi connectivity index (χ2v) is 7.65. The van der Waals surface area contributed by atoms with Gasteiger partial charge in [-0.15, -0.1) is 0 Å². The number of pyridine rings is 1. The highest BCUT2D eigenvalue weighted by atomic mass is 35.5. The quantitative estimate of drug-likeness (QED) is 0.345. The largest absolute Gasteiger partial charge is 0.481 e. The smallest absolute Gasteiger partial charge is 0.400 e. The van der Waals surface area contributed by atoms with Crippen LogP contribution in [0.1, 0.15) is 6.92 Å². The fourth-order valence-corrected chi connectivity index (χ4v) is 3.20. The van der Waals surface area contributed by atoms with Crippen LogP contribution < -0.4 is 14.4 Å². The molecule has 0 aliphatic rings. The highest BCUT2D eigenvalue weighted by Crippen LogP contribution is 2.28. The van der Waals surface area contributed by atoms with Crippen molar-refractivity contribution in [3.05, 3.63) is 70.6 Å². The number of anilines is 1. The van der Waals surface area contributed by atoms with Crippen LogP contribution in [0.4, 0.5) is 10.2 Å². The molecule has 0 unspecified atom stereocenters. The molecule has 164 valence electrons. The molecule has 1 amide bonds. The minimum absolute atomic E-state index is 0.0681. The summed E-state index contributed by atoms with van der Waals surface area (Å²) < 4.78 is 30.9. The van der Waals surface area contributed by atoms with Gasteiger partial charge < -0.3 is 13.9 Å². The first-order chi connectivity index (χ1) is 15.3. The van der Waals surface area contributed by atoms with Gasteiger partial charge in [0.05, 0.1) is 5.02 Å². The van der Waals surface area contributed by atoms with Gasteiger partial charge in [-0.2, -0.15) is 4.98 Å². The molecule has 4 aromatic rings. The molecule has 0 aliphatic heterocycles. The topological polar surface area (TPSA) is 77.7 Å². The van der Waals surface area contributed by atoms with Crippen molar-refractivity contribution >= 4 is 46.0 Å². The van der Waals surface area contributed by atoms with E-state index in [1.807, 2.05) is 0 Å². The van der Waals surface area contributed by atoms with E-state index in [1.165, 1.54) is 13.2 Å². The summed E-state index contributed by atoms with van der Waals surface area (Å²) in [6.07, 6.45) is 0.434. The molecule has 7 nitrogen and oxygen atoms in total. The third kappa shape index (κ3) is 4.76. The molecule has 0 N–H and O–H groups in total. The van der Waals surface area contributed by atoms with Gasteiger partial charge in [-0.3, -0.25) is 9.69 Å². The highest BCUT2D eigenvalue weighted by molar-refractivity contribution is 6.31. The fourth-order valence-electron chi connectivity index (χ4n) is 2.89. The molecular formula is C22H16Cl2FN3O4. The van der Waals surface area contributed by atoms with Crippen molar-refractivity contribution < 1.29 is 23.1 Å². The molecule has 2 aromatic carbocycles. The normalized spacial score (nSPS) is 11.9. The van der Waals surface area contributed by atoms with Crippen molar-refractivity contribution in [3.63, 3.8) is 0 Å². The Morgan fingerprint density at radius 2 is 1.81 bits per heavy atom. The van der Waals surface area contributed by atoms with Gasteiger partial charge in [-0.25, -0.2) is 9.37 Å². The Bertz CT molecular complexity index is 1280. The zero-order valence-electron chi connectivity index (χ0n) is 16.9. The van der Waals surface area contributed by atoms with E-state index in [9.17, 15) is 9.18 Å². The Balaban J connectivity index is 1.40. The lowest BCUT2D eigenvalue weighted by atomic mass is 10.3. The van der Waals surface area contributed by atoms with Gasteiger partial charge in [0, 0.05) is 24.3 Å². The van der Waals surface area contributed by atoms with Crippen LogP contribution in [0.25, 0.3) is 11.1 Å². The Morgan fingerprint density at radius 3 is 2.53 bits per heavy atom. The summed E-state index contributed by atoms with van der Waals surface area (Å²) in [5, 5.41) is 0.672. The second-order valence-electron chi connectivity index (χ2n) is 6.78. The van der Waals surface area contributed by atoms with Gasteiger partial charge in [0.2, 0.25) is 0 Å². The lowest BCUT2D eigenvalue weighted by Crippen LogP contribution is -2.38. The number of hydrogen-bond donors (Lipinski definition) is 0. The molecule has 0 aliphatic carbocycles. The number of amides is 1. The summed E-state index contributed by atoms with van der Waals surface area (Å²) in [6, 6.07) is 12.7. The predicted molar refractivity (Wildman–Crippen MR) is 118 cm³/mol. The van der Waals surface area contributed by atoms with Crippen molar-refractivity contribution in [2.45, 2.75) is 13.0 Å². The molecule has 0 fully saturated rings. The van der Waals surface area contributed by atoms with Crippen molar-refractivity contribution in [3.8, 4) is 17.6 Å². The summed E-state index contributed by atoms with van der Waals surface area (Å²) in [5.74, 6) is -0.454. The van der Waals surface area contributed by atoms with E-state index in [-0.39, 0.29) is 16.9 Å². The zero-order valence-corrected chi connectivity index (χ0v) is 18.4. The molecule has 32 heavy (non-hydrogen) atoms. The Kier molecular flexibility index (Phi) is 6.16. The van der Waals surface area contributed by atoms with Crippen LogP contribution in [-0.2, 0) is 4.79 Å². The van der Waals surface area contributed by atoms with Crippen molar-refractivity contribution in [1.82, 2.24) is 9.97 Å². The minimum Gasteiger partial charge on any atom is -0.481 e. The second kappa shape index (κ2) is 9.02. The number of carbonyl (C=O) groups is 1. The van der Waals surface area contributed by atoms with E-state index in [0.29, 0.717) is 27.6 Å².